The van der Waals surface area contributed by atoms with Crippen molar-refractivity contribution < 1.29 is 18.7 Å². The highest BCUT2D eigenvalue weighted by molar-refractivity contribution is 6.09. The first-order valence-electron chi connectivity index (χ1n) is 10.4. The first-order valence-corrected chi connectivity index (χ1v) is 10.4. The molecule has 0 aliphatic heterocycles. The molecule has 1 amide bonds. The average molecular weight is 470 g/mol. The van der Waals surface area contributed by atoms with Gasteiger partial charge in [0.25, 0.3) is 11.5 Å². The van der Waals surface area contributed by atoms with E-state index in [1.54, 1.807) is 55.5 Å². The van der Waals surface area contributed by atoms with Gasteiger partial charge in [-0.25, -0.2) is 4.39 Å². The molecule has 0 atom stereocenters. The number of para-hydroxylation sites is 1. The number of fused-ring (bicyclic) bond motifs is 1. The van der Waals surface area contributed by atoms with Crippen LogP contribution in [-0.4, -0.2) is 22.4 Å². The Morgan fingerprint density at radius 3 is 2.57 bits per heavy atom. The van der Waals surface area contributed by atoms with Gasteiger partial charge in [0, 0.05) is 11.9 Å². The van der Waals surface area contributed by atoms with Crippen molar-refractivity contribution in [1.82, 2.24) is 9.38 Å². The third-order valence-electron chi connectivity index (χ3n) is 5.09. The van der Waals surface area contributed by atoms with Crippen LogP contribution in [0.4, 0.5) is 10.1 Å². The van der Waals surface area contributed by atoms with E-state index in [2.05, 4.69) is 10.3 Å². The van der Waals surface area contributed by atoms with Crippen LogP contribution in [0.5, 0.6) is 17.4 Å². The Hall–Kier alpha value is -4.97. The van der Waals surface area contributed by atoms with E-state index >= 15 is 0 Å². The number of aryl methyl sites for hydroxylation is 1. The van der Waals surface area contributed by atoms with E-state index in [0.29, 0.717) is 22.6 Å². The van der Waals surface area contributed by atoms with Crippen molar-refractivity contribution >= 4 is 23.3 Å². The van der Waals surface area contributed by atoms with Gasteiger partial charge in [-0.15, -0.1) is 0 Å². The third-order valence-corrected chi connectivity index (χ3v) is 5.09. The fraction of sp³-hybridized carbons (Fsp3) is 0.0769. The van der Waals surface area contributed by atoms with Gasteiger partial charge in [0.1, 0.15) is 28.6 Å². The zero-order valence-corrected chi connectivity index (χ0v) is 18.8. The molecule has 35 heavy (non-hydrogen) atoms. The molecule has 0 aliphatic carbocycles. The van der Waals surface area contributed by atoms with Crippen LogP contribution in [0.3, 0.4) is 0 Å². The van der Waals surface area contributed by atoms with Crippen LogP contribution in [0.1, 0.15) is 11.1 Å². The number of hydrogen-bond donors (Lipinski definition) is 1. The second-order valence-electron chi connectivity index (χ2n) is 7.41. The van der Waals surface area contributed by atoms with E-state index in [9.17, 15) is 19.2 Å². The highest BCUT2D eigenvalue weighted by Crippen LogP contribution is 2.27. The summed E-state index contributed by atoms with van der Waals surface area (Å²) in [6.07, 6.45) is 2.59. The third kappa shape index (κ3) is 4.86. The van der Waals surface area contributed by atoms with Gasteiger partial charge in [0.15, 0.2) is 11.6 Å². The van der Waals surface area contributed by atoms with Crippen LogP contribution in [0, 0.1) is 24.1 Å². The van der Waals surface area contributed by atoms with Crippen molar-refractivity contribution in [2.75, 3.05) is 12.4 Å². The molecule has 174 valence electrons. The summed E-state index contributed by atoms with van der Waals surface area (Å²) in [6.45, 7) is 1.76. The van der Waals surface area contributed by atoms with E-state index < -0.39 is 17.3 Å². The average Bonchev–Trinajstić information content (AvgIpc) is 2.86. The quantitative estimate of drug-likeness (QED) is 0.329. The number of benzene rings is 2. The Labute approximate surface area is 199 Å². The minimum absolute atomic E-state index is 0.159. The van der Waals surface area contributed by atoms with Crippen molar-refractivity contribution in [2.45, 2.75) is 6.92 Å². The molecule has 2 heterocycles. The van der Waals surface area contributed by atoms with Crippen LogP contribution in [-0.2, 0) is 4.79 Å². The first-order chi connectivity index (χ1) is 16.9. The Kier molecular flexibility index (Phi) is 6.55. The molecular formula is C26H19FN4O4. The molecule has 0 bridgehead atoms. The fourth-order valence-electron chi connectivity index (χ4n) is 3.29. The number of anilines is 1. The number of rotatable bonds is 6. The van der Waals surface area contributed by atoms with Crippen molar-refractivity contribution in [3.05, 3.63) is 99.7 Å². The molecule has 2 aromatic carbocycles. The van der Waals surface area contributed by atoms with Crippen LogP contribution in [0.25, 0.3) is 11.7 Å². The summed E-state index contributed by atoms with van der Waals surface area (Å²) in [4.78, 5) is 30.5. The molecular weight excluding hydrogens is 451 g/mol. The number of methoxy groups -OCH3 is 1. The highest BCUT2D eigenvalue weighted by atomic mass is 19.1. The smallest absolute Gasteiger partial charge is 0.269 e. The van der Waals surface area contributed by atoms with Gasteiger partial charge in [-0.2, -0.15) is 10.2 Å². The highest BCUT2D eigenvalue weighted by Gasteiger charge is 2.19. The largest absolute Gasteiger partial charge is 0.497 e. The maximum atomic E-state index is 14.3. The second-order valence-corrected chi connectivity index (χ2v) is 7.41. The predicted octanol–water partition coefficient (Wildman–Crippen LogP) is 4.49. The van der Waals surface area contributed by atoms with E-state index in [4.69, 9.17) is 9.47 Å². The summed E-state index contributed by atoms with van der Waals surface area (Å²) in [6, 6.07) is 17.4. The molecule has 1 N–H and O–H groups in total. The molecule has 0 aliphatic rings. The van der Waals surface area contributed by atoms with Gasteiger partial charge in [0.05, 0.1) is 7.11 Å². The van der Waals surface area contributed by atoms with Crippen molar-refractivity contribution in [3.63, 3.8) is 0 Å². The maximum Gasteiger partial charge on any atom is 0.269 e. The number of ether oxygens (including phenoxy) is 2. The number of aromatic nitrogens is 2. The summed E-state index contributed by atoms with van der Waals surface area (Å²) in [5.74, 6) is -1.21. The number of pyridine rings is 1. The molecule has 4 aromatic rings. The summed E-state index contributed by atoms with van der Waals surface area (Å²) >= 11 is 0. The Morgan fingerprint density at radius 1 is 1.14 bits per heavy atom. The number of nitrogens with zero attached hydrogens (tertiary/aromatic N) is 3. The Balaban J connectivity index is 1.81. The number of amides is 1. The van der Waals surface area contributed by atoms with E-state index in [1.807, 2.05) is 0 Å². The standard InChI is InChI=1S/C26H19FN4O4/c1-16-6-5-13-31-23(16)30-25(35-22-8-4-3-7-21(22)27)20(26(31)33)14-17(15-28)24(32)29-18-9-11-19(34-2)12-10-18/h3-14H,1-2H3,(H,29,32)/b17-14+. The lowest BCUT2D eigenvalue weighted by molar-refractivity contribution is -0.112. The van der Waals surface area contributed by atoms with Gasteiger partial charge in [-0.05, 0) is 61.0 Å². The van der Waals surface area contributed by atoms with Crippen molar-refractivity contribution in [2.24, 2.45) is 0 Å². The Morgan fingerprint density at radius 2 is 1.89 bits per heavy atom. The van der Waals surface area contributed by atoms with Crippen LogP contribution >= 0.6 is 0 Å². The zero-order chi connectivity index (χ0) is 24.9. The molecule has 0 radical (unpaired) electrons. The molecule has 0 saturated carbocycles. The topological polar surface area (TPSA) is 106 Å². The van der Waals surface area contributed by atoms with Crippen molar-refractivity contribution in [3.8, 4) is 23.4 Å². The van der Waals surface area contributed by atoms with Gasteiger partial charge in [0.2, 0.25) is 5.88 Å². The van der Waals surface area contributed by atoms with Gasteiger partial charge in [-0.3, -0.25) is 14.0 Å². The molecule has 0 unspecified atom stereocenters. The van der Waals surface area contributed by atoms with Gasteiger partial charge in [-0.1, -0.05) is 18.2 Å². The lowest BCUT2D eigenvalue weighted by Crippen LogP contribution is -2.20. The summed E-state index contributed by atoms with van der Waals surface area (Å²) in [5.41, 5.74) is 0.251. The normalized spacial score (nSPS) is 11.1. The van der Waals surface area contributed by atoms with E-state index in [0.717, 1.165) is 6.08 Å². The number of halogens is 1. The zero-order valence-electron chi connectivity index (χ0n) is 18.8. The lowest BCUT2D eigenvalue weighted by atomic mass is 10.1. The summed E-state index contributed by atoms with van der Waals surface area (Å²) in [5, 5.41) is 12.3. The van der Waals surface area contributed by atoms with Gasteiger partial charge >= 0.3 is 0 Å². The molecule has 4 rings (SSSR count). The molecule has 0 spiro atoms. The van der Waals surface area contributed by atoms with Crippen molar-refractivity contribution in [1.29, 1.82) is 5.26 Å². The molecule has 0 fully saturated rings. The Bertz CT molecular complexity index is 1550. The first kappa shape index (κ1) is 23.2. The molecule has 0 saturated heterocycles. The predicted molar refractivity (Wildman–Crippen MR) is 128 cm³/mol. The van der Waals surface area contributed by atoms with Gasteiger partial charge < -0.3 is 14.8 Å². The van der Waals surface area contributed by atoms with Crippen LogP contribution in [0.2, 0.25) is 0 Å². The second kappa shape index (κ2) is 9.89. The number of carbonyl (C=O) groups excluding carboxylic acids is 1. The number of nitrogens with one attached hydrogen (secondary N) is 1. The fourth-order valence-corrected chi connectivity index (χ4v) is 3.29. The summed E-state index contributed by atoms with van der Waals surface area (Å²) < 4.78 is 26.3. The number of nitriles is 1. The number of hydrogen-bond acceptors (Lipinski definition) is 6. The molecule has 2 aromatic heterocycles. The lowest BCUT2D eigenvalue weighted by Gasteiger charge is -2.12. The summed E-state index contributed by atoms with van der Waals surface area (Å²) in [7, 11) is 1.52. The molecule has 9 heteroatoms. The minimum atomic E-state index is -0.747. The SMILES string of the molecule is COc1ccc(NC(=O)/C(C#N)=C/c2c(Oc3ccccc3F)nc3c(C)cccn3c2=O)cc1. The van der Waals surface area contributed by atoms with Crippen LogP contribution < -0.4 is 20.3 Å². The van der Waals surface area contributed by atoms with E-state index in [-0.39, 0.29) is 22.8 Å². The molecule has 8 nitrogen and oxygen atoms in total. The monoisotopic (exact) mass is 470 g/mol. The maximum absolute atomic E-state index is 14.3. The van der Waals surface area contributed by atoms with Crippen LogP contribution in [0.15, 0.2) is 77.2 Å². The van der Waals surface area contributed by atoms with E-state index in [1.165, 1.54) is 35.9 Å². The number of carbonyl (C=O) groups is 1. The minimum Gasteiger partial charge on any atom is -0.497 e.